The van der Waals surface area contributed by atoms with Crippen LogP contribution in [0.1, 0.15) is 60.8 Å². The first-order chi connectivity index (χ1) is 13.7. The summed E-state index contributed by atoms with van der Waals surface area (Å²) in [6, 6.07) is 15.1. The normalized spacial score (nSPS) is 13.1. The van der Waals surface area contributed by atoms with Crippen LogP contribution in [0.5, 0.6) is 0 Å². The van der Waals surface area contributed by atoms with Crippen molar-refractivity contribution in [3.8, 4) is 0 Å². The van der Waals surface area contributed by atoms with Crippen LogP contribution in [0.2, 0.25) is 0 Å². The van der Waals surface area contributed by atoms with Gasteiger partial charge in [0.1, 0.15) is 0 Å². The first-order valence-electron chi connectivity index (χ1n) is 9.90. The third kappa shape index (κ3) is 6.91. The highest BCUT2D eigenvalue weighted by atomic mass is 16.3. The van der Waals surface area contributed by atoms with Crippen LogP contribution in [0.4, 0.5) is 0 Å². The Balaban J connectivity index is 2.00. The van der Waals surface area contributed by atoms with Gasteiger partial charge in [0.15, 0.2) is 5.96 Å². The number of amides is 1. The number of nitrogens with two attached hydrogens (primary N) is 1. The van der Waals surface area contributed by atoms with Gasteiger partial charge in [-0.15, -0.1) is 0 Å². The lowest BCUT2D eigenvalue weighted by atomic mass is 9.86. The Labute approximate surface area is 173 Å². The number of hydrogen-bond donors (Lipinski definition) is 4. The van der Waals surface area contributed by atoms with E-state index in [-0.39, 0.29) is 5.41 Å². The molecule has 0 fully saturated rings. The zero-order valence-electron chi connectivity index (χ0n) is 17.7. The molecule has 0 aromatic heterocycles. The van der Waals surface area contributed by atoms with E-state index >= 15 is 0 Å². The smallest absolute Gasteiger partial charge is 0.248 e. The fourth-order valence-corrected chi connectivity index (χ4v) is 2.85. The Morgan fingerprint density at radius 1 is 1.14 bits per heavy atom. The van der Waals surface area contributed by atoms with Gasteiger partial charge in [-0.05, 0) is 41.2 Å². The molecular weight excluding hydrogens is 364 g/mol. The van der Waals surface area contributed by atoms with Crippen molar-refractivity contribution < 1.29 is 9.90 Å². The number of hydrogen-bond acceptors (Lipinski definition) is 3. The van der Waals surface area contributed by atoms with E-state index < -0.39 is 12.0 Å². The van der Waals surface area contributed by atoms with E-state index in [0.29, 0.717) is 31.2 Å². The van der Waals surface area contributed by atoms with Crippen LogP contribution in [0.3, 0.4) is 0 Å². The van der Waals surface area contributed by atoms with Gasteiger partial charge >= 0.3 is 0 Å². The van der Waals surface area contributed by atoms with E-state index in [0.717, 1.165) is 11.1 Å². The Morgan fingerprint density at radius 3 is 2.41 bits per heavy atom. The number of carbonyl (C=O) groups excluding carboxylic acids is 1. The fraction of sp³-hybridized carbons (Fsp3) is 0.391. The minimum atomic E-state index is -0.647. The maximum Gasteiger partial charge on any atom is 0.248 e. The van der Waals surface area contributed by atoms with Crippen molar-refractivity contribution in [2.75, 3.05) is 13.1 Å². The monoisotopic (exact) mass is 396 g/mol. The number of benzene rings is 2. The van der Waals surface area contributed by atoms with Crippen LogP contribution in [-0.4, -0.2) is 30.1 Å². The predicted molar refractivity (Wildman–Crippen MR) is 118 cm³/mol. The molecule has 5 N–H and O–H groups in total. The van der Waals surface area contributed by atoms with Crippen molar-refractivity contribution in [2.24, 2.45) is 10.7 Å². The number of aliphatic hydroxyl groups excluding tert-OH is 1. The average molecular weight is 397 g/mol. The van der Waals surface area contributed by atoms with Crippen LogP contribution in [0, 0.1) is 0 Å². The van der Waals surface area contributed by atoms with Gasteiger partial charge in [0.2, 0.25) is 5.91 Å². The number of carbonyl (C=O) groups is 1. The van der Waals surface area contributed by atoms with Crippen molar-refractivity contribution in [2.45, 2.75) is 45.8 Å². The largest absolute Gasteiger partial charge is 0.387 e. The van der Waals surface area contributed by atoms with E-state index in [9.17, 15) is 9.90 Å². The number of guanidine groups is 1. The number of rotatable bonds is 7. The van der Waals surface area contributed by atoms with E-state index in [1.807, 2.05) is 25.1 Å². The molecule has 0 aliphatic carbocycles. The molecule has 0 bridgehead atoms. The Morgan fingerprint density at radius 2 is 1.83 bits per heavy atom. The molecule has 0 radical (unpaired) electrons. The molecule has 1 atom stereocenters. The molecule has 6 heteroatoms. The Bertz CT molecular complexity index is 839. The lowest BCUT2D eigenvalue weighted by molar-refractivity contribution is 0.1000. The van der Waals surface area contributed by atoms with Crippen molar-refractivity contribution in [3.63, 3.8) is 0 Å². The van der Waals surface area contributed by atoms with Crippen LogP contribution < -0.4 is 16.4 Å². The van der Waals surface area contributed by atoms with Crippen molar-refractivity contribution in [1.82, 2.24) is 10.6 Å². The zero-order valence-corrected chi connectivity index (χ0v) is 17.7. The highest BCUT2D eigenvalue weighted by Crippen LogP contribution is 2.23. The summed E-state index contributed by atoms with van der Waals surface area (Å²) in [6.45, 7) is 9.90. The molecule has 29 heavy (non-hydrogen) atoms. The molecule has 2 rings (SSSR count). The van der Waals surface area contributed by atoms with Crippen LogP contribution >= 0.6 is 0 Å². The first-order valence-corrected chi connectivity index (χ1v) is 9.90. The van der Waals surface area contributed by atoms with Gasteiger partial charge in [-0.25, -0.2) is 4.99 Å². The minimum absolute atomic E-state index is 0.0818. The van der Waals surface area contributed by atoms with Crippen LogP contribution in [-0.2, 0) is 12.0 Å². The second-order valence-electron chi connectivity index (χ2n) is 8.03. The number of primary amides is 1. The lowest BCUT2D eigenvalue weighted by Gasteiger charge is -2.20. The molecule has 1 unspecified atom stereocenters. The van der Waals surface area contributed by atoms with Gasteiger partial charge in [-0.1, -0.05) is 57.2 Å². The standard InChI is InChI=1S/C23H32N4O2/c1-5-25-22(26-14-16-7-6-8-18(13-16)21(24)29)27-15-20(28)17-9-11-19(12-10-17)23(2,3)4/h6-13,20,28H,5,14-15H2,1-4H3,(H2,24,29)(H2,25,26,27). The van der Waals surface area contributed by atoms with E-state index in [2.05, 4.69) is 48.5 Å². The van der Waals surface area contributed by atoms with Gasteiger partial charge in [0, 0.05) is 18.7 Å². The highest BCUT2D eigenvalue weighted by molar-refractivity contribution is 5.92. The molecule has 0 aliphatic heterocycles. The van der Waals surface area contributed by atoms with Gasteiger partial charge in [0.05, 0.1) is 12.6 Å². The summed E-state index contributed by atoms with van der Waals surface area (Å²) in [5.41, 5.74) is 8.85. The van der Waals surface area contributed by atoms with E-state index in [1.165, 1.54) is 5.56 Å². The van der Waals surface area contributed by atoms with Crippen molar-refractivity contribution >= 4 is 11.9 Å². The highest BCUT2D eigenvalue weighted by Gasteiger charge is 2.15. The number of nitrogens with zero attached hydrogens (tertiary/aromatic N) is 1. The molecule has 2 aromatic rings. The third-order valence-electron chi connectivity index (χ3n) is 4.60. The van der Waals surface area contributed by atoms with E-state index in [1.54, 1.807) is 18.2 Å². The Kier molecular flexibility index (Phi) is 7.79. The second-order valence-corrected chi connectivity index (χ2v) is 8.03. The molecule has 0 saturated carbocycles. The fourth-order valence-electron chi connectivity index (χ4n) is 2.85. The quantitative estimate of drug-likeness (QED) is 0.427. The van der Waals surface area contributed by atoms with Crippen molar-refractivity contribution in [3.05, 3.63) is 70.8 Å². The maximum atomic E-state index is 11.3. The summed E-state index contributed by atoms with van der Waals surface area (Å²) in [6.07, 6.45) is -0.647. The predicted octanol–water partition coefficient (Wildman–Crippen LogP) is 2.87. The SMILES string of the molecule is CCNC(=NCc1cccc(C(N)=O)c1)NCC(O)c1ccc(C(C)(C)C)cc1. The molecule has 2 aromatic carbocycles. The van der Waals surface area contributed by atoms with E-state index in [4.69, 9.17) is 5.73 Å². The number of aliphatic imine (C=N–C) groups is 1. The average Bonchev–Trinajstić information content (AvgIpc) is 2.69. The minimum Gasteiger partial charge on any atom is -0.387 e. The summed E-state index contributed by atoms with van der Waals surface area (Å²) in [7, 11) is 0. The molecule has 0 spiro atoms. The third-order valence-corrected chi connectivity index (χ3v) is 4.60. The summed E-state index contributed by atoms with van der Waals surface area (Å²) < 4.78 is 0. The summed E-state index contributed by atoms with van der Waals surface area (Å²) in [5.74, 6) is 0.142. The summed E-state index contributed by atoms with van der Waals surface area (Å²) >= 11 is 0. The lowest BCUT2D eigenvalue weighted by Crippen LogP contribution is -2.39. The second kappa shape index (κ2) is 10.1. The van der Waals surface area contributed by atoms with Crippen LogP contribution in [0.25, 0.3) is 0 Å². The molecular formula is C23H32N4O2. The molecule has 0 aliphatic rings. The maximum absolute atomic E-state index is 11.3. The summed E-state index contributed by atoms with van der Waals surface area (Å²) in [5, 5.41) is 16.8. The van der Waals surface area contributed by atoms with Gasteiger partial charge in [0.25, 0.3) is 0 Å². The van der Waals surface area contributed by atoms with Crippen LogP contribution in [0.15, 0.2) is 53.5 Å². The molecule has 0 heterocycles. The molecule has 6 nitrogen and oxygen atoms in total. The first kappa shape index (κ1) is 22.4. The number of nitrogens with one attached hydrogen (secondary N) is 2. The van der Waals surface area contributed by atoms with Gasteiger partial charge < -0.3 is 21.5 Å². The van der Waals surface area contributed by atoms with Gasteiger partial charge in [-0.3, -0.25) is 4.79 Å². The molecule has 156 valence electrons. The Hall–Kier alpha value is -2.86. The molecule has 1 amide bonds. The van der Waals surface area contributed by atoms with Gasteiger partial charge in [-0.2, -0.15) is 0 Å². The molecule has 0 saturated heterocycles. The number of aliphatic hydroxyl groups is 1. The topological polar surface area (TPSA) is 99.7 Å². The zero-order chi connectivity index (χ0) is 21.4. The van der Waals surface area contributed by atoms with Crippen molar-refractivity contribution in [1.29, 1.82) is 0 Å². The summed E-state index contributed by atoms with van der Waals surface area (Å²) in [4.78, 5) is 15.8.